The van der Waals surface area contributed by atoms with Crippen molar-refractivity contribution in [2.75, 3.05) is 45.9 Å². The Morgan fingerprint density at radius 2 is 1.89 bits per heavy atom. The molecule has 2 aromatic carbocycles. The van der Waals surface area contributed by atoms with Gasteiger partial charge in [0.25, 0.3) is 5.91 Å². The number of nitrogens with one attached hydrogen (secondary N) is 2. The molecular weight excluding hydrogens is 731 g/mol. The van der Waals surface area contributed by atoms with Gasteiger partial charge in [-0.15, -0.1) is 11.3 Å². The van der Waals surface area contributed by atoms with Gasteiger partial charge in [-0.3, -0.25) is 19.4 Å². The number of carbonyl (C=O) groups excluding carboxylic acids is 3. The maximum absolute atomic E-state index is 14.2. The number of piperazine rings is 1. The molecule has 7 rings (SSSR count). The van der Waals surface area contributed by atoms with Gasteiger partial charge in [-0.25, -0.2) is 4.98 Å². The Hall–Kier alpha value is -4.89. The van der Waals surface area contributed by atoms with Gasteiger partial charge in [-0.05, 0) is 54.7 Å². The van der Waals surface area contributed by atoms with Gasteiger partial charge in [0.05, 0.1) is 40.7 Å². The summed E-state index contributed by atoms with van der Waals surface area (Å²) in [6.45, 7) is 12.3. The van der Waals surface area contributed by atoms with E-state index in [0.717, 1.165) is 72.1 Å². The Kier molecular flexibility index (Phi) is 12.6. The van der Waals surface area contributed by atoms with Crippen molar-refractivity contribution in [2.24, 2.45) is 5.92 Å². The molecule has 3 N–H and O–H groups in total. The van der Waals surface area contributed by atoms with Crippen LogP contribution in [0.15, 0.2) is 66.3 Å². The van der Waals surface area contributed by atoms with E-state index in [-0.39, 0.29) is 49.8 Å². The monoisotopic (exact) mass is 781 g/mol. The molecule has 0 saturated carbocycles. The van der Waals surface area contributed by atoms with Gasteiger partial charge in [0, 0.05) is 69.9 Å². The topological polar surface area (TPSA) is 149 Å². The largest absolute Gasteiger partial charge is 0.492 e. The lowest BCUT2D eigenvalue weighted by atomic mass is 10.0. The summed E-state index contributed by atoms with van der Waals surface area (Å²) in [5, 5.41) is 17.1. The zero-order valence-corrected chi connectivity index (χ0v) is 33.1. The highest BCUT2D eigenvalue weighted by atomic mass is 32.1. The Morgan fingerprint density at radius 1 is 1.07 bits per heavy atom. The van der Waals surface area contributed by atoms with Gasteiger partial charge in [0.15, 0.2) is 0 Å². The van der Waals surface area contributed by atoms with Gasteiger partial charge in [0.2, 0.25) is 11.8 Å². The number of aryl methyl sites for hydroxylation is 1. The predicted octanol–water partition coefficient (Wildman–Crippen LogP) is 4.03. The zero-order chi connectivity index (χ0) is 39.2. The van der Waals surface area contributed by atoms with E-state index in [9.17, 15) is 19.5 Å². The van der Waals surface area contributed by atoms with Crippen molar-refractivity contribution in [2.45, 2.75) is 71.5 Å². The Bertz CT molecular complexity index is 2000. The number of thiazole rings is 1. The van der Waals surface area contributed by atoms with Crippen LogP contribution < -0.4 is 20.1 Å². The predicted molar refractivity (Wildman–Crippen MR) is 213 cm³/mol. The van der Waals surface area contributed by atoms with Crippen LogP contribution >= 0.6 is 11.3 Å². The zero-order valence-electron chi connectivity index (χ0n) is 32.3. The number of nitrogens with zero attached hydrogens (tertiary/aromatic N) is 5. The number of hydrogen-bond acceptors (Lipinski definition) is 11. The Balaban J connectivity index is 1.00. The molecule has 3 aliphatic heterocycles. The molecule has 0 unspecified atom stereocenters. The second kappa shape index (κ2) is 17.9. The number of pyridine rings is 1. The summed E-state index contributed by atoms with van der Waals surface area (Å²) < 4.78 is 12.3. The lowest BCUT2D eigenvalue weighted by Crippen LogP contribution is -2.55. The van der Waals surface area contributed by atoms with Crippen molar-refractivity contribution < 1.29 is 29.0 Å². The van der Waals surface area contributed by atoms with E-state index in [1.165, 1.54) is 4.90 Å². The highest BCUT2D eigenvalue weighted by Gasteiger charge is 2.45. The smallest absolute Gasteiger partial charge is 0.255 e. The summed E-state index contributed by atoms with van der Waals surface area (Å²) >= 11 is 1.54. The van der Waals surface area contributed by atoms with Crippen molar-refractivity contribution >= 4 is 29.1 Å². The minimum absolute atomic E-state index is 0.0136. The summed E-state index contributed by atoms with van der Waals surface area (Å²) in [4.78, 5) is 57.0. The van der Waals surface area contributed by atoms with Crippen LogP contribution in [-0.2, 0) is 29.3 Å². The molecular formula is C42H51N7O6S. The van der Waals surface area contributed by atoms with Gasteiger partial charge < -0.3 is 39.9 Å². The van der Waals surface area contributed by atoms with Crippen LogP contribution in [0, 0.1) is 12.8 Å². The van der Waals surface area contributed by atoms with Crippen molar-refractivity contribution in [1.29, 1.82) is 0 Å². The van der Waals surface area contributed by atoms with E-state index in [4.69, 9.17) is 9.47 Å². The molecule has 2 aromatic heterocycles. The summed E-state index contributed by atoms with van der Waals surface area (Å²) in [5.74, 6) is 0.151. The number of fused-ring (bicyclic) bond motifs is 1. The van der Waals surface area contributed by atoms with Gasteiger partial charge in [-0.2, -0.15) is 0 Å². The number of benzene rings is 2. The average molecular weight is 782 g/mol. The molecule has 2 fully saturated rings. The normalized spacial score (nSPS) is 19.0. The first-order valence-electron chi connectivity index (χ1n) is 19.5. The number of β-amino-alcohol motifs (C(OH)–C–C–N with tert-alkyl or cyclic N) is 1. The number of aromatic nitrogens is 2. The molecule has 3 atom stereocenters. The third-order valence-electron chi connectivity index (χ3n) is 10.7. The summed E-state index contributed by atoms with van der Waals surface area (Å²) in [5.41, 5.74) is 6.59. The number of carbonyl (C=O) groups is 3. The number of amides is 3. The standard InChI is InChI=1S/C42H51N7O6S/c1-27(2)38(49-23-31-7-4-5-8-35(31)41(49)52)42(53)48-24-33(50)20-36(48)40(51)45-21-30-10-9-29(39-28(3)46-26-56-39)19-37(30)55-25-32-11-12-34(22-44-32)54-18-6-15-47-16-13-43-14-17-47/h4-5,7-12,19,22,26-27,33,36,38,43,50H,6,13-18,20-21,23-25H2,1-3H3,(H,45,51)/t33-,36+,38+/m1/s1. The maximum atomic E-state index is 14.2. The van der Waals surface area contributed by atoms with Crippen LogP contribution in [0.25, 0.3) is 10.4 Å². The van der Waals surface area contributed by atoms with Crippen molar-refractivity contribution in [3.05, 3.63) is 94.4 Å². The molecule has 2 saturated heterocycles. The number of hydrogen-bond donors (Lipinski definition) is 3. The second-order valence-corrected chi connectivity index (χ2v) is 15.9. The number of aliphatic hydroxyl groups is 1. The van der Waals surface area contributed by atoms with Crippen LogP contribution in [0.1, 0.15) is 59.6 Å². The van der Waals surface area contributed by atoms with Gasteiger partial charge in [0.1, 0.15) is 30.2 Å². The molecule has 0 aliphatic carbocycles. The first kappa shape index (κ1) is 39.3. The molecule has 3 amide bonds. The highest BCUT2D eigenvalue weighted by Crippen LogP contribution is 2.33. The number of likely N-dealkylation sites (tertiary alicyclic amines) is 1. The van der Waals surface area contributed by atoms with Crippen LogP contribution in [0.3, 0.4) is 0 Å². The van der Waals surface area contributed by atoms with E-state index in [1.54, 1.807) is 28.5 Å². The molecule has 0 radical (unpaired) electrons. The summed E-state index contributed by atoms with van der Waals surface area (Å²) in [6, 6.07) is 15.3. The summed E-state index contributed by atoms with van der Waals surface area (Å²) in [6.07, 6.45) is 1.90. The SMILES string of the molecule is Cc1ncsc1-c1ccc(CNC(=O)[C@@H]2C[C@@H](O)CN2C(=O)[C@H](C(C)C)N2Cc3ccccc3C2=O)c(OCc2ccc(OCCCN3CCNCC3)cn2)c1. The minimum atomic E-state index is -0.894. The quantitative estimate of drug-likeness (QED) is 0.151. The third-order valence-corrected chi connectivity index (χ3v) is 11.7. The first-order valence-corrected chi connectivity index (χ1v) is 20.4. The number of ether oxygens (including phenoxy) is 2. The highest BCUT2D eigenvalue weighted by molar-refractivity contribution is 7.13. The van der Waals surface area contributed by atoms with E-state index in [2.05, 4.69) is 25.5 Å². The molecule has 5 heterocycles. The lowest BCUT2D eigenvalue weighted by Gasteiger charge is -2.35. The van der Waals surface area contributed by atoms with Gasteiger partial charge >= 0.3 is 0 Å². The van der Waals surface area contributed by atoms with Crippen molar-refractivity contribution in [3.8, 4) is 21.9 Å². The lowest BCUT2D eigenvalue weighted by molar-refractivity contribution is -0.143. The molecule has 296 valence electrons. The fraction of sp³-hybridized carbons (Fsp3) is 0.452. The molecule has 14 heteroatoms. The fourth-order valence-electron chi connectivity index (χ4n) is 7.76. The molecule has 56 heavy (non-hydrogen) atoms. The molecule has 0 bridgehead atoms. The number of aliphatic hydroxyl groups excluding tert-OH is 1. The molecule has 0 spiro atoms. The van der Waals surface area contributed by atoms with E-state index in [1.807, 2.05) is 74.8 Å². The van der Waals surface area contributed by atoms with E-state index < -0.39 is 18.2 Å². The Morgan fingerprint density at radius 3 is 2.62 bits per heavy atom. The van der Waals surface area contributed by atoms with Crippen molar-refractivity contribution in [1.82, 2.24) is 35.3 Å². The van der Waals surface area contributed by atoms with Crippen LogP contribution in [0.2, 0.25) is 0 Å². The fourth-order valence-corrected chi connectivity index (χ4v) is 8.56. The first-order chi connectivity index (χ1) is 27.2. The van der Waals surface area contributed by atoms with Crippen LogP contribution in [-0.4, -0.2) is 112 Å². The molecule has 13 nitrogen and oxygen atoms in total. The van der Waals surface area contributed by atoms with Gasteiger partial charge in [-0.1, -0.05) is 44.2 Å². The third kappa shape index (κ3) is 9.04. The van der Waals surface area contributed by atoms with Crippen LogP contribution in [0.5, 0.6) is 11.5 Å². The van der Waals surface area contributed by atoms with E-state index in [0.29, 0.717) is 30.2 Å². The maximum Gasteiger partial charge on any atom is 0.255 e. The Labute approximate surface area is 332 Å². The minimum Gasteiger partial charge on any atom is -0.492 e. The van der Waals surface area contributed by atoms with Crippen molar-refractivity contribution in [3.63, 3.8) is 0 Å². The van der Waals surface area contributed by atoms with E-state index >= 15 is 0 Å². The molecule has 4 aromatic rings. The van der Waals surface area contributed by atoms with Crippen LogP contribution in [0.4, 0.5) is 0 Å². The summed E-state index contributed by atoms with van der Waals surface area (Å²) in [7, 11) is 0. The second-order valence-electron chi connectivity index (χ2n) is 15.0. The average Bonchev–Trinajstić information content (AvgIpc) is 3.92. The number of rotatable bonds is 15. The molecule has 3 aliphatic rings.